The van der Waals surface area contributed by atoms with E-state index in [0.29, 0.717) is 17.5 Å². The van der Waals surface area contributed by atoms with E-state index in [1.165, 1.54) is 0 Å². The van der Waals surface area contributed by atoms with E-state index in [9.17, 15) is 0 Å². The highest BCUT2D eigenvalue weighted by Crippen LogP contribution is 2.27. The molecule has 28 heavy (non-hydrogen) atoms. The van der Waals surface area contributed by atoms with Crippen molar-refractivity contribution in [3.63, 3.8) is 0 Å². The van der Waals surface area contributed by atoms with Crippen LogP contribution in [0.4, 0.5) is 11.6 Å². The number of fused-ring (bicyclic) bond motifs is 1. The minimum absolute atomic E-state index is 0.102. The molecule has 3 N–H and O–H groups in total. The Balaban J connectivity index is 2.08. The molecule has 1 aromatic carbocycles. The van der Waals surface area contributed by atoms with Crippen LogP contribution >= 0.6 is 11.6 Å². The Morgan fingerprint density at radius 3 is 2.43 bits per heavy atom. The van der Waals surface area contributed by atoms with Gasteiger partial charge in [0.1, 0.15) is 11.3 Å². The van der Waals surface area contributed by atoms with Crippen molar-refractivity contribution in [1.29, 1.82) is 0 Å². The first-order valence-corrected chi connectivity index (χ1v) is 9.83. The summed E-state index contributed by atoms with van der Waals surface area (Å²) in [6.45, 7) is 13.1. The van der Waals surface area contributed by atoms with E-state index in [2.05, 4.69) is 31.1 Å². The van der Waals surface area contributed by atoms with Crippen molar-refractivity contribution in [2.75, 3.05) is 5.32 Å². The molecule has 0 fully saturated rings. The summed E-state index contributed by atoms with van der Waals surface area (Å²) < 4.78 is 2.03. The molecule has 0 aliphatic rings. The van der Waals surface area contributed by atoms with Gasteiger partial charge in [0, 0.05) is 29.2 Å². The molecule has 150 valence electrons. The third kappa shape index (κ3) is 5.20. The molecule has 3 aromatic rings. The number of imidazole rings is 1. The summed E-state index contributed by atoms with van der Waals surface area (Å²) in [6, 6.07) is 5.82. The smallest absolute Gasteiger partial charge is 0.209 e. The first kappa shape index (κ1) is 20.6. The van der Waals surface area contributed by atoms with Crippen molar-refractivity contribution in [1.82, 2.24) is 19.5 Å². The maximum Gasteiger partial charge on any atom is 0.209 e. The Labute approximate surface area is 171 Å². The van der Waals surface area contributed by atoms with Crippen LogP contribution in [-0.4, -0.2) is 25.1 Å². The third-order valence-corrected chi connectivity index (χ3v) is 4.31. The second-order valence-corrected chi connectivity index (χ2v) is 9.82. The van der Waals surface area contributed by atoms with E-state index in [0.717, 1.165) is 34.7 Å². The van der Waals surface area contributed by atoms with Crippen LogP contribution in [0.3, 0.4) is 0 Å². The zero-order valence-corrected chi connectivity index (χ0v) is 18.2. The number of rotatable bonds is 5. The number of nitrogens with one attached hydrogen (secondary N) is 1. The van der Waals surface area contributed by atoms with Crippen LogP contribution in [-0.2, 0) is 13.0 Å². The van der Waals surface area contributed by atoms with Crippen LogP contribution in [0.1, 0.15) is 46.0 Å². The molecular weight excluding hydrogens is 372 g/mol. The molecule has 0 saturated heterocycles. The van der Waals surface area contributed by atoms with Gasteiger partial charge in [0.05, 0.1) is 6.20 Å². The van der Waals surface area contributed by atoms with Gasteiger partial charge in [0.15, 0.2) is 5.65 Å². The van der Waals surface area contributed by atoms with Gasteiger partial charge in [-0.25, -0.2) is 15.0 Å². The number of nitrogens with zero attached hydrogens (tertiary/aromatic N) is 4. The van der Waals surface area contributed by atoms with Crippen molar-refractivity contribution >= 4 is 34.4 Å². The van der Waals surface area contributed by atoms with Gasteiger partial charge in [-0.05, 0) is 49.9 Å². The summed E-state index contributed by atoms with van der Waals surface area (Å²) in [5, 5.41) is 4.06. The standard InChI is InChI=1S/C21H29ClN6/c1-13-7-14(22)9-15(8-13)25-19-26-16-11-24-17(10-20(2,3)4)27-18(16)28(19)12-21(5,6)23/h7-9,11H,10,12,23H2,1-6H3,(H,25,26). The monoisotopic (exact) mass is 400 g/mol. The Kier molecular flexibility index (Phi) is 5.38. The molecule has 2 heterocycles. The van der Waals surface area contributed by atoms with Crippen LogP contribution in [0.5, 0.6) is 0 Å². The van der Waals surface area contributed by atoms with E-state index in [4.69, 9.17) is 27.3 Å². The number of hydrogen-bond donors (Lipinski definition) is 2. The number of hydrogen-bond acceptors (Lipinski definition) is 5. The van der Waals surface area contributed by atoms with Crippen molar-refractivity contribution in [3.05, 3.63) is 40.8 Å². The van der Waals surface area contributed by atoms with Crippen molar-refractivity contribution in [2.24, 2.45) is 11.1 Å². The lowest BCUT2D eigenvalue weighted by Crippen LogP contribution is -2.37. The lowest BCUT2D eigenvalue weighted by molar-refractivity contribution is 0.400. The topological polar surface area (TPSA) is 81.7 Å². The van der Waals surface area contributed by atoms with Gasteiger partial charge >= 0.3 is 0 Å². The minimum Gasteiger partial charge on any atom is -0.325 e. The van der Waals surface area contributed by atoms with Gasteiger partial charge in [-0.3, -0.25) is 4.57 Å². The molecule has 0 bridgehead atoms. The van der Waals surface area contributed by atoms with Gasteiger partial charge in [-0.2, -0.15) is 0 Å². The van der Waals surface area contributed by atoms with E-state index >= 15 is 0 Å². The van der Waals surface area contributed by atoms with Crippen molar-refractivity contribution in [2.45, 2.75) is 60.0 Å². The molecule has 0 saturated carbocycles. The first-order chi connectivity index (χ1) is 12.9. The van der Waals surface area contributed by atoms with Gasteiger partial charge in [0.2, 0.25) is 5.95 Å². The highest BCUT2D eigenvalue weighted by molar-refractivity contribution is 6.30. The Morgan fingerprint density at radius 1 is 1.11 bits per heavy atom. The predicted molar refractivity (Wildman–Crippen MR) is 116 cm³/mol. The molecule has 3 rings (SSSR count). The Morgan fingerprint density at radius 2 is 1.82 bits per heavy atom. The highest BCUT2D eigenvalue weighted by atomic mass is 35.5. The van der Waals surface area contributed by atoms with Crippen molar-refractivity contribution < 1.29 is 0 Å². The quantitative estimate of drug-likeness (QED) is 0.639. The molecule has 0 spiro atoms. The molecule has 0 atom stereocenters. The number of nitrogens with two attached hydrogens (primary N) is 1. The lowest BCUT2D eigenvalue weighted by atomic mass is 9.92. The SMILES string of the molecule is Cc1cc(Cl)cc(Nc2nc3cnc(CC(C)(C)C)nc3n2CC(C)(C)N)c1. The summed E-state index contributed by atoms with van der Waals surface area (Å²) in [6.07, 6.45) is 2.58. The summed E-state index contributed by atoms with van der Waals surface area (Å²) in [4.78, 5) is 14.0. The van der Waals surface area contributed by atoms with E-state index in [-0.39, 0.29) is 5.41 Å². The summed E-state index contributed by atoms with van der Waals surface area (Å²) >= 11 is 6.21. The largest absolute Gasteiger partial charge is 0.325 e. The molecule has 0 aliphatic heterocycles. The Hall–Kier alpha value is -2.18. The van der Waals surface area contributed by atoms with E-state index in [1.54, 1.807) is 6.20 Å². The number of anilines is 2. The average Bonchev–Trinajstić information content (AvgIpc) is 2.80. The fraction of sp³-hybridized carbons (Fsp3) is 0.476. The molecule has 0 amide bonds. The summed E-state index contributed by atoms with van der Waals surface area (Å²) in [5.74, 6) is 1.48. The molecule has 6 nitrogen and oxygen atoms in total. The maximum absolute atomic E-state index is 6.33. The van der Waals surface area contributed by atoms with Gasteiger partial charge < -0.3 is 11.1 Å². The molecular formula is C21H29ClN6. The fourth-order valence-corrected chi connectivity index (χ4v) is 3.39. The molecule has 0 radical (unpaired) electrons. The Bertz CT molecular complexity index is 974. The zero-order chi connectivity index (χ0) is 20.7. The fourth-order valence-electron chi connectivity index (χ4n) is 3.10. The summed E-state index contributed by atoms with van der Waals surface area (Å²) in [5.41, 5.74) is 9.47. The van der Waals surface area contributed by atoms with Crippen LogP contribution < -0.4 is 11.1 Å². The van der Waals surface area contributed by atoms with Crippen molar-refractivity contribution in [3.8, 4) is 0 Å². The molecule has 2 aromatic heterocycles. The molecule has 0 unspecified atom stereocenters. The number of halogens is 1. The third-order valence-electron chi connectivity index (χ3n) is 4.09. The summed E-state index contributed by atoms with van der Waals surface area (Å²) in [7, 11) is 0. The normalized spacial score (nSPS) is 12.6. The average molecular weight is 401 g/mol. The second kappa shape index (κ2) is 7.33. The van der Waals surface area contributed by atoms with E-state index in [1.807, 2.05) is 43.5 Å². The minimum atomic E-state index is -0.427. The number of benzene rings is 1. The van der Waals surface area contributed by atoms with Gasteiger partial charge in [-0.1, -0.05) is 32.4 Å². The number of aromatic nitrogens is 4. The van der Waals surface area contributed by atoms with E-state index < -0.39 is 5.54 Å². The lowest BCUT2D eigenvalue weighted by Gasteiger charge is -2.21. The zero-order valence-electron chi connectivity index (χ0n) is 17.5. The second-order valence-electron chi connectivity index (χ2n) is 9.38. The highest BCUT2D eigenvalue weighted by Gasteiger charge is 2.21. The van der Waals surface area contributed by atoms with Gasteiger partial charge in [0.25, 0.3) is 0 Å². The molecule has 7 heteroatoms. The van der Waals surface area contributed by atoms with Crippen LogP contribution in [0.15, 0.2) is 24.4 Å². The maximum atomic E-state index is 6.33. The van der Waals surface area contributed by atoms with Crippen LogP contribution in [0, 0.1) is 12.3 Å². The van der Waals surface area contributed by atoms with Crippen LogP contribution in [0.25, 0.3) is 11.2 Å². The predicted octanol–water partition coefficient (Wildman–Crippen LogP) is 4.86. The number of aryl methyl sites for hydroxylation is 1. The molecule has 0 aliphatic carbocycles. The van der Waals surface area contributed by atoms with Gasteiger partial charge in [-0.15, -0.1) is 0 Å². The first-order valence-electron chi connectivity index (χ1n) is 9.45. The van der Waals surface area contributed by atoms with Crippen LogP contribution in [0.2, 0.25) is 5.02 Å².